The van der Waals surface area contributed by atoms with E-state index in [1.807, 2.05) is 30.3 Å². The molecule has 2 aromatic carbocycles. The minimum Gasteiger partial charge on any atom is -0.487 e. The number of rotatable bonds is 5. The highest BCUT2D eigenvalue weighted by atomic mass is 35.5. The van der Waals surface area contributed by atoms with E-state index in [0.717, 1.165) is 47.8 Å². The van der Waals surface area contributed by atoms with E-state index in [-0.39, 0.29) is 36.3 Å². The third-order valence-corrected chi connectivity index (χ3v) is 7.61. The summed E-state index contributed by atoms with van der Waals surface area (Å²) in [5.41, 5.74) is 0.916. The van der Waals surface area contributed by atoms with E-state index in [1.54, 1.807) is 11.3 Å². The predicted molar refractivity (Wildman–Crippen MR) is 128 cm³/mol. The van der Waals surface area contributed by atoms with Gasteiger partial charge in [0.25, 0.3) is 0 Å². The quantitative estimate of drug-likeness (QED) is 0.570. The minimum absolute atomic E-state index is 0. The van der Waals surface area contributed by atoms with Crippen molar-refractivity contribution in [3.8, 4) is 5.75 Å². The zero-order valence-corrected chi connectivity index (χ0v) is 19.2. The lowest BCUT2D eigenvalue weighted by Gasteiger charge is -2.26. The fourth-order valence-corrected chi connectivity index (χ4v) is 5.91. The van der Waals surface area contributed by atoms with Gasteiger partial charge < -0.3 is 15.2 Å². The van der Waals surface area contributed by atoms with E-state index in [0.29, 0.717) is 6.54 Å². The van der Waals surface area contributed by atoms with Gasteiger partial charge in [0.15, 0.2) is 5.78 Å². The average Bonchev–Trinajstić information content (AvgIpc) is 3.30. The number of aliphatic hydroxyl groups excluding tert-OH is 1. The molecular weight excluding hydrogens is 430 g/mol. The number of hydrogen-bond donors (Lipinski definition) is 2. The molecule has 1 fully saturated rings. The number of thiophene rings is 1. The number of carbonyl (C=O) groups is 1. The first-order valence-electron chi connectivity index (χ1n) is 10.8. The highest BCUT2D eigenvalue weighted by Crippen LogP contribution is 2.33. The van der Waals surface area contributed by atoms with E-state index in [4.69, 9.17) is 4.74 Å². The molecule has 3 aromatic rings. The Morgan fingerprint density at radius 3 is 2.81 bits per heavy atom. The molecule has 4 atom stereocenters. The maximum Gasteiger partial charge on any atom is 0.168 e. The lowest BCUT2D eigenvalue weighted by atomic mass is 9.87. The van der Waals surface area contributed by atoms with Crippen molar-refractivity contribution >= 4 is 40.3 Å². The zero-order valence-electron chi connectivity index (χ0n) is 17.5. The Morgan fingerprint density at radius 1 is 1.13 bits per heavy atom. The van der Waals surface area contributed by atoms with Crippen LogP contribution in [-0.2, 0) is 6.42 Å². The molecule has 1 aromatic heterocycles. The highest BCUT2D eigenvalue weighted by molar-refractivity contribution is 7.12. The van der Waals surface area contributed by atoms with Crippen LogP contribution in [0.5, 0.6) is 5.75 Å². The van der Waals surface area contributed by atoms with Gasteiger partial charge in [0.05, 0.1) is 0 Å². The van der Waals surface area contributed by atoms with Gasteiger partial charge in [-0.05, 0) is 50.1 Å². The standard InChI is InChI=1S/C25H27NO3S.ClH/c1-15-13-19-23(30-15)12-9-17(24(19)27)14-26-20-10-11-22(25(20)28)29-21-8-4-6-16-5-2-3-7-18(16)21;/h2-8,13,17,20,22,25-26,28H,9-12,14H2,1H3;1H. The van der Waals surface area contributed by atoms with Crippen LogP contribution in [-0.4, -0.2) is 35.7 Å². The van der Waals surface area contributed by atoms with E-state index >= 15 is 0 Å². The largest absolute Gasteiger partial charge is 0.487 e. The summed E-state index contributed by atoms with van der Waals surface area (Å²) in [7, 11) is 0. The van der Waals surface area contributed by atoms with E-state index < -0.39 is 6.10 Å². The molecule has 0 aliphatic heterocycles. The van der Waals surface area contributed by atoms with Crippen LogP contribution >= 0.6 is 23.7 Å². The van der Waals surface area contributed by atoms with Gasteiger partial charge in [0.1, 0.15) is 18.0 Å². The van der Waals surface area contributed by atoms with Gasteiger partial charge in [0.2, 0.25) is 0 Å². The maximum atomic E-state index is 12.8. The zero-order chi connectivity index (χ0) is 20.7. The van der Waals surface area contributed by atoms with Crippen LogP contribution in [0.15, 0.2) is 48.5 Å². The SMILES string of the molecule is Cc1cc2c(s1)CCC(CNC1CCC(Oc3cccc4ccccc34)C1O)C2=O.Cl. The fourth-order valence-electron chi connectivity index (χ4n) is 4.86. The molecular formula is C25H28ClNO3S. The second-order valence-corrected chi connectivity index (χ2v) is 9.85. The van der Waals surface area contributed by atoms with Crippen molar-refractivity contribution in [3.05, 3.63) is 63.8 Å². The van der Waals surface area contributed by atoms with Crippen molar-refractivity contribution in [2.24, 2.45) is 5.92 Å². The van der Waals surface area contributed by atoms with Crippen molar-refractivity contribution in [1.29, 1.82) is 0 Å². The van der Waals surface area contributed by atoms with Gasteiger partial charge in [0, 0.05) is 39.2 Å². The van der Waals surface area contributed by atoms with E-state index in [1.165, 1.54) is 9.75 Å². The number of ketones is 1. The smallest absolute Gasteiger partial charge is 0.168 e. The Labute approximate surface area is 193 Å². The van der Waals surface area contributed by atoms with Crippen LogP contribution in [0.3, 0.4) is 0 Å². The molecule has 2 aliphatic rings. The van der Waals surface area contributed by atoms with Crippen LogP contribution < -0.4 is 10.1 Å². The molecule has 0 saturated heterocycles. The lowest BCUT2D eigenvalue weighted by Crippen LogP contribution is -2.44. The number of aryl methyl sites for hydroxylation is 2. The summed E-state index contributed by atoms with van der Waals surface area (Å²) < 4.78 is 6.24. The molecule has 2 aliphatic carbocycles. The summed E-state index contributed by atoms with van der Waals surface area (Å²) >= 11 is 1.74. The highest BCUT2D eigenvalue weighted by Gasteiger charge is 2.37. The van der Waals surface area contributed by atoms with Crippen LogP contribution in [0, 0.1) is 12.8 Å². The molecule has 0 radical (unpaired) electrons. The van der Waals surface area contributed by atoms with Gasteiger partial charge in [-0.2, -0.15) is 0 Å². The predicted octanol–water partition coefficient (Wildman–Crippen LogP) is 4.94. The molecule has 1 heterocycles. The average molecular weight is 458 g/mol. The number of carbonyl (C=O) groups excluding carboxylic acids is 1. The number of aliphatic hydroxyl groups is 1. The van der Waals surface area contributed by atoms with Crippen molar-refractivity contribution < 1.29 is 14.6 Å². The maximum absolute atomic E-state index is 12.8. The first kappa shape index (κ1) is 22.3. The summed E-state index contributed by atoms with van der Waals surface area (Å²) in [5, 5.41) is 16.5. The molecule has 0 spiro atoms. The Hall–Kier alpha value is -1.92. The topological polar surface area (TPSA) is 58.6 Å². The first-order chi connectivity index (χ1) is 14.6. The van der Waals surface area contributed by atoms with Gasteiger partial charge in [-0.3, -0.25) is 4.79 Å². The van der Waals surface area contributed by atoms with Crippen LogP contribution in [0.4, 0.5) is 0 Å². The molecule has 2 N–H and O–H groups in total. The molecule has 4 nitrogen and oxygen atoms in total. The summed E-state index contributed by atoms with van der Waals surface area (Å²) in [6, 6.07) is 16.2. The molecule has 164 valence electrons. The molecule has 0 bridgehead atoms. The Morgan fingerprint density at radius 2 is 1.94 bits per heavy atom. The molecule has 4 unspecified atom stereocenters. The van der Waals surface area contributed by atoms with Gasteiger partial charge >= 0.3 is 0 Å². The van der Waals surface area contributed by atoms with Crippen LogP contribution in [0.25, 0.3) is 10.8 Å². The number of halogens is 1. The summed E-state index contributed by atoms with van der Waals surface area (Å²) in [6.45, 7) is 2.68. The Balaban J connectivity index is 0.00000231. The van der Waals surface area contributed by atoms with Gasteiger partial charge in [-0.1, -0.05) is 36.4 Å². The fraction of sp³-hybridized carbons (Fsp3) is 0.400. The second kappa shape index (κ2) is 9.29. The molecule has 5 rings (SSSR count). The summed E-state index contributed by atoms with van der Waals surface area (Å²) in [6.07, 6.45) is 2.70. The number of benzene rings is 2. The van der Waals surface area contributed by atoms with Crippen molar-refractivity contribution in [2.75, 3.05) is 6.54 Å². The molecule has 0 amide bonds. The number of Topliss-reactive ketones (excluding diaryl/α,β-unsaturated/α-hetero) is 1. The summed E-state index contributed by atoms with van der Waals surface area (Å²) in [5.74, 6) is 1.07. The normalized spacial score (nSPS) is 25.3. The van der Waals surface area contributed by atoms with Crippen molar-refractivity contribution in [2.45, 2.75) is 50.9 Å². The number of fused-ring (bicyclic) bond motifs is 2. The van der Waals surface area contributed by atoms with Crippen LogP contribution in [0.1, 0.15) is 39.4 Å². The van der Waals surface area contributed by atoms with Gasteiger partial charge in [-0.15, -0.1) is 23.7 Å². The van der Waals surface area contributed by atoms with E-state index in [2.05, 4.69) is 30.4 Å². The van der Waals surface area contributed by atoms with E-state index in [9.17, 15) is 9.90 Å². The third-order valence-electron chi connectivity index (χ3n) is 6.50. The lowest BCUT2D eigenvalue weighted by molar-refractivity contribution is 0.0450. The monoisotopic (exact) mass is 457 g/mol. The number of nitrogens with one attached hydrogen (secondary N) is 1. The third kappa shape index (κ3) is 4.37. The minimum atomic E-state index is -0.582. The number of ether oxygens (including phenoxy) is 1. The van der Waals surface area contributed by atoms with Gasteiger partial charge in [-0.25, -0.2) is 0 Å². The van der Waals surface area contributed by atoms with Crippen LogP contribution in [0.2, 0.25) is 0 Å². The van der Waals surface area contributed by atoms with Crippen molar-refractivity contribution in [1.82, 2.24) is 5.32 Å². The molecule has 31 heavy (non-hydrogen) atoms. The Bertz CT molecular complexity index is 1080. The number of hydrogen-bond acceptors (Lipinski definition) is 5. The Kier molecular flexibility index (Phi) is 6.68. The van der Waals surface area contributed by atoms with Crippen molar-refractivity contribution in [3.63, 3.8) is 0 Å². The molecule has 6 heteroatoms. The first-order valence-corrected chi connectivity index (χ1v) is 11.6. The molecule has 1 saturated carbocycles. The summed E-state index contributed by atoms with van der Waals surface area (Å²) in [4.78, 5) is 15.3. The second-order valence-electron chi connectivity index (χ2n) is 8.51.